The smallest absolute Gasteiger partial charge is 0.270 e. The van der Waals surface area contributed by atoms with Gasteiger partial charge in [-0.1, -0.05) is 43.6 Å². The molecule has 7 heteroatoms. The van der Waals surface area contributed by atoms with Crippen molar-refractivity contribution < 1.29 is 13.9 Å². The van der Waals surface area contributed by atoms with Gasteiger partial charge in [-0.25, -0.2) is 9.37 Å². The molecule has 0 fully saturated rings. The van der Waals surface area contributed by atoms with Gasteiger partial charge in [-0.15, -0.1) is 11.3 Å². The van der Waals surface area contributed by atoms with Gasteiger partial charge in [-0.3, -0.25) is 4.79 Å². The van der Waals surface area contributed by atoms with Crippen molar-refractivity contribution in [2.24, 2.45) is 5.92 Å². The first-order chi connectivity index (χ1) is 13.4. The highest BCUT2D eigenvalue weighted by molar-refractivity contribution is 7.13. The molecule has 1 amide bonds. The second kappa shape index (κ2) is 9.17. The molecule has 0 aliphatic heterocycles. The summed E-state index contributed by atoms with van der Waals surface area (Å²) in [6.45, 7) is 4.84. The summed E-state index contributed by atoms with van der Waals surface area (Å²) in [5.41, 5.74) is 1.45. The van der Waals surface area contributed by atoms with Gasteiger partial charge in [0, 0.05) is 34.1 Å². The summed E-state index contributed by atoms with van der Waals surface area (Å²) in [6, 6.07) is 11.9. The minimum absolute atomic E-state index is 0.246. The van der Waals surface area contributed by atoms with Crippen molar-refractivity contribution in [2.45, 2.75) is 20.5 Å². The molecule has 0 aliphatic rings. The average Bonchev–Trinajstić information content (AvgIpc) is 3.15. The van der Waals surface area contributed by atoms with Gasteiger partial charge in [-0.05, 0) is 24.1 Å². The van der Waals surface area contributed by atoms with Gasteiger partial charge in [0.1, 0.15) is 28.9 Å². The zero-order valence-electron chi connectivity index (χ0n) is 15.5. The lowest BCUT2D eigenvalue weighted by Gasteiger charge is -2.09. The van der Waals surface area contributed by atoms with Crippen LogP contribution in [0.15, 0.2) is 47.8 Å². The Hall–Kier alpha value is -2.44. The molecule has 0 unspecified atom stereocenters. The SMILES string of the molecule is CC(C)CNC(=O)c1csc(-c2ccc(OCc3ccccc3Cl)cc2F)n1. The van der Waals surface area contributed by atoms with E-state index in [0.29, 0.717) is 39.5 Å². The second-order valence-electron chi connectivity index (χ2n) is 6.66. The Kier molecular flexibility index (Phi) is 6.65. The van der Waals surface area contributed by atoms with Crippen molar-refractivity contribution in [1.82, 2.24) is 10.3 Å². The number of hydrogen-bond acceptors (Lipinski definition) is 4. The molecule has 0 spiro atoms. The van der Waals surface area contributed by atoms with Crippen molar-refractivity contribution in [3.8, 4) is 16.3 Å². The summed E-state index contributed by atoms with van der Waals surface area (Å²) < 4.78 is 20.2. The number of rotatable bonds is 7. The normalized spacial score (nSPS) is 10.9. The average molecular weight is 419 g/mol. The molecule has 1 aromatic heterocycles. The topological polar surface area (TPSA) is 51.2 Å². The first kappa shape index (κ1) is 20.3. The lowest BCUT2D eigenvalue weighted by atomic mass is 10.2. The summed E-state index contributed by atoms with van der Waals surface area (Å²) in [5, 5.41) is 5.49. The maximum Gasteiger partial charge on any atom is 0.270 e. The summed E-state index contributed by atoms with van der Waals surface area (Å²) in [6.07, 6.45) is 0. The first-order valence-electron chi connectivity index (χ1n) is 8.84. The maximum atomic E-state index is 14.6. The molecule has 3 rings (SSSR count). The van der Waals surface area contributed by atoms with E-state index in [1.54, 1.807) is 23.6 Å². The Morgan fingerprint density at radius 3 is 2.79 bits per heavy atom. The van der Waals surface area contributed by atoms with E-state index in [2.05, 4.69) is 10.3 Å². The van der Waals surface area contributed by atoms with Crippen LogP contribution in [0, 0.1) is 11.7 Å². The van der Waals surface area contributed by atoms with Crippen molar-refractivity contribution >= 4 is 28.8 Å². The van der Waals surface area contributed by atoms with Crippen molar-refractivity contribution in [2.75, 3.05) is 6.54 Å². The van der Waals surface area contributed by atoms with Gasteiger partial charge >= 0.3 is 0 Å². The molecule has 146 valence electrons. The molecule has 2 aromatic carbocycles. The van der Waals surface area contributed by atoms with Crippen LogP contribution in [0.3, 0.4) is 0 Å². The number of ether oxygens (including phenoxy) is 1. The fourth-order valence-electron chi connectivity index (χ4n) is 2.42. The zero-order chi connectivity index (χ0) is 20.1. The molecular formula is C21H20ClFN2O2S. The van der Waals surface area contributed by atoms with Gasteiger partial charge in [0.25, 0.3) is 5.91 Å². The monoisotopic (exact) mass is 418 g/mol. The molecule has 0 saturated carbocycles. The van der Waals surface area contributed by atoms with Gasteiger partial charge < -0.3 is 10.1 Å². The minimum Gasteiger partial charge on any atom is -0.489 e. The zero-order valence-corrected chi connectivity index (χ0v) is 17.1. The van der Waals surface area contributed by atoms with E-state index < -0.39 is 5.82 Å². The number of nitrogens with one attached hydrogen (secondary N) is 1. The third-order valence-corrected chi connectivity index (χ3v) is 5.18. The number of amides is 1. The van der Waals surface area contributed by atoms with Crippen molar-refractivity contribution in [3.63, 3.8) is 0 Å². The number of hydrogen-bond donors (Lipinski definition) is 1. The summed E-state index contributed by atoms with van der Waals surface area (Å²) in [5.74, 6) is 0.0295. The molecule has 0 aliphatic carbocycles. The van der Waals surface area contributed by atoms with E-state index in [1.807, 2.05) is 32.0 Å². The Labute approximate surface area is 172 Å². The van der Waals surface area contributed by atoms with E-state index in [-0.39, 0.29) is 12.5 Å². The maximum absolute atomic E-state index is 14.6. The van der Waals surface area contributed by atoms with Crippen molar-refractivity contribution in [3.05, 3.63) is 69.9 Å². The van der Waals surface area contributed by atoms with Crippen LogP contribution in [0.2, 0.25) is 5.02 Å². The van der Waals surface area contributed by atoms with Crippen LogP contribution >= 0.6 is 22.9 Å². The van der Waals surface area contributed by atoms with Crippen LogP contribution in [0.5, 0.6) is 5.75 Å². The lowest BCUT2D eigenvalue weighted by molar-refractivity contribution is 0.0945. The van der Waals surface area contributed by atoms with Gasteiger partial charge in [0.05, 0.1) is 0 Å². The lowest BCUT2D eigenvalue weighted by Crippen LogP contribution is -2.27. The number of aromatic nitrogens is 1. The second-order valence-corrected chi connectivity index (χ2v) is 7.93. The Balaban J connectivity index is 1.69. The predicted molar refractivity (Wildman–Crippen MR) is 110 cm³/mol. The molecule has 28 heavy (non-hydrogen) atoms. The molecule has 1 heterocycles. The molecule has 3 aromatic rings. The summed E-state index contributed by atoms with van der Waals surface area (Å²) in [7, 11) is 0. The van der Waals surface area contributed by atoms with Crippen molar-refractivity contribution in [1.29, 1.82) is 0 Å². The first-order valence-corrected chi connectivity index (χ1v) is 10.1. The number of carbonyl (C=O) groups is 1. The van der Waals surface area contributed by atoms with E-state index >= 15 is 0 Å². The van der Waals surface area contributed by atoms with Gasteiger partial charge in [0.15, 0.2) is 0 Å². The Bertz CT molecular complexity index is 975. The highest BCUT2D eigenvalue weighted by Gasteiger charge is 2.15. The van der Waals surface area contributed by atoms with Crippen LogP contribution in [0.25, 0.3) is 10.6 Å². The number of thiazole rings is 1. The van der Waals surface area contributed by atoms with Gasteiger partial charge in [-0.2, -0.15) is 0 Å². The molecule has 0 bridgehead atoms. The highest BCUT2D eigenvalue weighted by atomic mass is 35.5. The summed E-state index contributed by atoms with van der Waals surface area (Å²) >= 11 is 7.33. The molecular weight excluding hydrogens is 399 g/mol. The Morgan fingerprint density at radius 1 is 1.29 bits per heavy atom. The van der Waals surface area contributed by atoms with E-state index in [9.17, 15) is 9.18 Å². The third kappa shape index (κ3) is 5.09. The van der Waals surface area contributed by atoms with Crippen LogP contribution in [0.1, 0.15) is 29.9 Å². The van der Waals surface area contributed by atoms with Crippen LogP contribution < -0.4 is 10.1 Å². The van der Waals surface area contributed by atoms with Crippen LogP contribution in [-0.2, 0) is 6.61 Å². The Morgan fingerprint density at radius 2 is 2.07 bits per heavy atom. The third-order valence-electron chi connectivity index (χ3n) is 3.93. The van der Waals surface area contributed by atoms with Crippen LogP contribution in [-0.4, -0.2) is 17.4 Å². The van der Waals surface area contributed by atoms with E-state index in [1.165, 1.54) is 17.4 Å². The highest BCUT2D eigenvalue weighted by Crippen LogP contribution is 2.29. The molecule has 1 N–H and O–H groups in total. The number of halogens is 2. The number of benzene rings is 2. The van der Waals surface area contributed by atoms with Crippen LogP contribution in [0.4, 0.5) is 4.39 Å². The molecule has 4 nitrogen and oxygen atoms in total. The molecule has 0 atom stereocenters. The fourth-order valence-corrected chi connectivity index (χ4v) is 3.44. The number of nitrogens with zero attached hydrogens (tertiary/aromatic N) is 1. The minimum atomic E-state index is -0.458. The van der Waals surface area contributed by atoms with E-state index in [4.69, 9.17) is 16.3 Å². The predicted octanol–water partition coefficient (Wildman–Crippen LogP) is 5.57. The summed E-state index contributed by atoms with van der Waals surface area (Å²) in [4.78, 5) is 16.4. The largest absolute Gasteiger partial charge is 0.489 e. The standard InChI is InChI=1S/C21H20ClFN2O2S/c1-13(2)10-24-20(26)19-12-28-21(25-19)16-8-7-15(9-18(16)23)27-11-14-5-3-4-6-17(14)22/h3-9,12-13H,10-11H2,1-2H3,(H,24,26). The molecule has 0 saturated heterocycles. The van der Waals surface area contributed by atoms with Gasteiger partial charge in [0.2, 0.25) is 0 Å². The number of carbonyl (C=O) groups excluding carboxylic acids is 1. The fraction of sp³-hybridized carbons (Fsp3) is 0.238. The van der Waals surface area contributed by atoms with E-state index in [0.717, 1.165) is 5.56 Å². The molecule has 0 radical (unpaired) electrons. The quantitative estimate of drug-likeness (QED) is 0.545.